The van der Waals surface area contributed by atoms with Gasteiger partial charge < -0.3 is 0 Å². The van der Waals surface area contributed by atoms with Gasteiger partial charge in [-0.05, 0) is 78.4 Å². The lowest BCUT2D eigenvalue weighted by Gasteiger charge is -2.16. The zero-order valence-electron chi connectivity index (χ0n) is 15.2. The Bertz CT molecular complexity index is 933. The zero-order valence-corrected chi connectivity index (χ0v) is 17.4. The van der Waals surface area contributed by atoms with E-state index in [0.29, 0.717) is 17.9 Å². The molecule has 0 bridgehead atoms. The first kappa shape index (κ1) is 19.4. The molecule has 0 unspecified atom stereocenters. The number of rotatable bonds is 5. The first-order chi connectivity index (χ1) is 12.8. The van der Waals surface area contributed by atoms with Gasteiger partial charge in [0, 0.05) is 9.13 Å². The highest BCUT2D eigenvalue weighted by molar-refractivity contribution is 14.1. The minimum absolute atomic E-state index is 0.411. The molecule has 0 aliphatic rings. The molecule has 0 N–H and O–H groups in total. The Morgan fingerprint density at radius 2 is 1.89 bits per heavy atom. The van der Waals surface area contributed by atoms with Crippen molar-refractivity contribution in [1.29, 1.82) is 0 Å². The van der Waals surface area contributed by atoms with Gasteiger partial charge in [0.05, 0.1) is 12.1 Å². The van der Waals surface area contributed by atoms with E-state index in [1.54, 1.807) is 32.9 Å². The van der Waals surface area contributed by atoms with Gasteiger partial charge in [0.2, 0.25) is 5.82 Å². The van der Waals surface area contributed by atoms with Crippen molar-refractivity contribution in [3.63, 3.8) is 0 Å². The van der Waals surface area contributed by atoms with Gasteiger partial charge in [0.25, 0.3) is 0 Å². The summed E-state index contributed by atoms with van der Waals surface area (Å²) in [6, 6.07) is 14.9. The summed E-state index contributed by atoms with van der Waals surface area (Å²) in [6.07, 6.45) is 0. The number of tetrazole rings is 1. The fourth-order valence-corrected chi connectivity index (χ4v) is 2.72. The molecular weight excluding hydrogens is 459 g/mol. The molecule has 3 rings (SSSR count). The number of carbonyl (C=O) groups is 1. The van der Waals surface area contributed by atoms with Crippen molar-refractivity contribution in [2.45, 2.75) is 32.9 Å². The second-order valence-corrected chi connectivity index (χ2v) is 8.16. The second-order valence-electron chi connectivity index (χ2n) is 6.92. The van der Waals surface area contributed by atoms with E-state index < -0.39 is 11.6 Å². The molecule has 0 amide bonds. The van der Waals surface area contributed by atoms with E-state index in [-0.39, 0.29) is 0 Å². The Labute approximate surface area is 170 Å². The van der Waals surface area contributed by atoms with Crippen molar-refractivity contribution in [1.82, 2.24) is 20.2 Å². The van der Waals surface area contributed by atoms with E-state index >= 15 is 0 Å². The third-order valence-electron chi connectivity index (χ3n) is 3.42. The quantitative estimate of drug-likeness (QED) is 0.315. The summed E-state index contributed by atoms with van der Waals surface area (Å²) in [5, 5.41) is 12.6. The Morgan fingerprint density at radius 3 is 2.56 bits per heavy atom. The lowest BCUT2D eigenvalue weighted by molar-refractivity contribution is -0.301. The van der Waals surface area contributed by atoms with Crippen molar-refractivity contribution in [2.24, 2.45) is 0 Å². The van der Waals surface area contributed by atoms with Gasteiger partial charge >= 0.3 is 5.97 Å². The van der Waals surface area contributed by atoms with Crippen LogP contribution in [0.4, 0.5) is 0 Å². The highest BCUT2D eigenvalue weighted by Gasteiger charge is 2.16. The lowest BCUT2D eigenvalue weighted by atomic mass is 10.1. The molecule has 3 aromatic rings. The molecule has 0 radical (unpaired) electrons. The van der Waals surface area contributed by atoms with Gasteiger partial charge in [0.1, 0.15) is 5.60 Å². The first-order valence-corrected chi connectivity index (χ1v) is 9.41. The Hall–Kier alpha value is -2.33. The molecule has 0 saturated carbocycles. The van der Waals surface area contributed by atoms with Crippen LogP contribution in [0.15, 0.2) is 48.5 Å². The molecule has 7 nitrogen and oxygen atoms in total. The molecular formula is C19H19IN4O3. The van der Waals surface area contributed by atoms with Gasteiger partial charge in [-0.25, -0.2) is 4.79 Å². The fourth-order valence-electron chi connectivity index (χ4n) is 2.17. The van der Waals surface area contributed by atoms with Crippen LogP contribution in [0.1, 0.15) is 36.7 Å². The van der Waals surface area contributed by atoms with Crippen LogP contribution in [0.2, 0.25) is 0 Å². The summed E-state index contributed by atoms with van der Waals surface area (Å²) in [5.41, 5.74) is 1.72. The number of hydrogen-bond acceptors (Lipinski definition) is 6. The highest BCUT2D eigenvalue weighted by atomic mass is 127. The predicted octanol–water partition coefficient (Wildman–Crippen LogP) is 3.88. The monoisotopic (exact) mass is 478 g/mol. The maximum Gasteiger partial charge on any atom is 0.373 e. The third-order valence-corrected chi connectivity index (χ3v) is 4.09. The van der Waals surface area contributed by atoms with Crippen LogP contribution in [-0.2, 0) is 16.3 Å². The number of carbonyl (C=O) groups excluding carboxylic acids is 1. The number of nitrogens with zero attached hydrogens (tertiary/aromatic N) is 4. The normalized spacial score (nSPS) is 11.4. The first-order valence-electron chi connectivity index (χ1n) is 8.33. The molecule has 140 valence electrons. The molecule has 0 fully saturated rings. The van der Waals surface area contributed by atoms with E-state index in [0.717, 1.165) is 14.7 Å². The van der Waals surface area contributed by atoms with Gasteiger partial charge in [-0.15, -0.1) is 10.2 Å². The maximum atomic E-state index is 12.0. The topological polar surface area (TPSA) is 79.1 Å². The highest BCUT2D eigenvalue weighted by Crippen LogP contribution is 2.17. The summed E-state index contributed by atoms with van der Waals surface area (Å²) in [5.74, 6) is 0.0457. The molecule has 0 spiro atoms. The Morgan fingerprint density at radius 1 is 1.15 bits per heavy atom. The number of hydrogen-bond donors (Lipinski definition) is 0. The summed E-state index contributed by atoms with van der Waals surface area (Å²) < 4.78 is 1.11. The van der Waals surface area contributed by atoms with Crippen LogP contribution in [0.25, 0.3) is 11.4 Å². The largest absolute Gasteiger partial charge is 0.373 e. The van der Waals surface area contributed by atoms with E-state index in [2.05, 4.69) is 38.0 Å². The molecule has 2 aromatic carbocycles. The molecule has 0 aliphatic heterocycles. The lowest BCUT2D eigenvalue weighted by Crippen LogP contribution is -2.21. The van der Waals surface area contributed by atoms with E-state index in [1.807, 2.05) is 36.4 Å². The van der Waals surface area contributed by atoms with Crippen molar-refractivity contribution < 1.29 is 14.6 Å². The van der Waals surface area contributed by atoms with Crippen molar-refractivity contribution in [3.8, 4) is 11.4 Å². The molecule has 0 aliphatic carbocycles. The van der Waals surface area contributed by atoms with E-state index in [1.165, 1.54) is 4.80 Å². The Kier molecular flexibility index (Phi) is 5.85. The van der Waals surface area contributed by atoms with Crippen LogP contribution < -0.4 is 0 Å². The minimum Gasteiger partial charge on any atom is -0.292 e. The third kappa shape index (κ3) is 5.57. The molecule has 1 heterocycles. The van der Waals surface area contributed by atoms with Crippen LogP contribution in [0.3, 0.4) is 0 Å². The summed E-state index contributed by atoms with van der Waals surface area (Å²) in [4.78, 5) is 23.4. The van der Waals surface area contributed by atoms with Gasteiger partial charge in [0.15, 0.2) is 0 Å². The van der Waals surface area contributed by atoms with E-state index in [9.17, 15) is 4.79 Å². The van der Waals surface area contributed by atoms with Gasteiger partial charge in [-0.1, -0.05) is 24.3 Å². The number of benzene rings is 2. The van der Waals surface area contributed by atoms with Crippen molar-refractivity contribution in [3.05, 3.63) is 63.2 Å². The maximum absolute atomic E-state index is 12.0. The molecule has 0 atom stereocenters. The Balaban J connectivity index is 1.64. The predicted molar refractivity (Wildman–Crippen MR) is 108 cm³/mol. The minimum atomic E-state index is -0.553. The zero-order chi connectivity index (χ0) is 19.4. The average Bonchev–Trinajstić information content (AvgIpc) is 3.08. The van der Waals surface area contributed by atoms with Crippen LogP contribution in [0.5, 0.6) is 0 Å². The standard InChI is InChI=1S/C19H19IN4O3/c1-19(2,3)27-26-18(25)14-9-7-13(8-10-14)12-24-22-17(21-23-24)15-5-4-6-16(20)11-15/h4-11H,12H2,1-3H3. The van der Waals surface area contributed by atoms with Crippen LogP contribution >= 0.6 is 22.6 Å². The second kappa shape index (κ2) is 8.13. The number of aromatic nitrogens is 4. The molecule has 27 heavy (non-hydrogen) atoms. The molecule has 0 saturated heterocycles. The molecule has 8 heteroatoms. The van der Waals surface area contributed by atoms with E-state index in [4.69, 9.17) is 9.78 Å². The fraction of sp³-hybridized carbons (Fsp3) is 0.263. The molecule has 1 aromatic heterocycles. The van der Waals surface area contributed by atoms with Gasteiger partial charge in [-0.3, -0.25) is 4.89 Å². The van der Waals surface area contributed by atoms with Crippen LogP contribution in [0, 0.1) is 3.57 Å². The van der Waals surface area contributed by atoms with Crippen molar-refractivity contribution in [2.75, 3.05) is 0 Å². The van der Waals surface area contributed by atoms with Crippen LogP contribution in [-0.4, -0.2) is 31.8 Å². The SMILES string of the molecule is CC(C)(C)OOC(=O)c1ccc(Cn2nnc(-c3cccc(I)c3)n2)cc1. The smallest absolute Gasteiger partial charge is 0.292 e. The number of halogens is 1. The summed E-state index contributed by atoms with van der Waals surface area (Å²) in [6.45, 7) is 5.86. The van der Waals surface area contributed by atoms with Crippen molar-refractivity contribution >= 4 is 28.6 Å². The summed E-state index contributed by atoms with van der Waals surface area (Å²) in [7, 11) is 0. The summed E-state index contributed by atoms with van der Waals surface area (Å²) >= 11 is 2.25. The average molecular weight is 478 g/mol. The van der Waals surface area contributed by atoms with Gasteiger partial charge in [-0.2, -0.15) is 9.68 Å².